The van der Waals surface area contributed by atoms with Gasteiger partial charge in [-0.2, -0.15) is 5.10 Å². The lowest BCUT2D eigenvalue weighted by Crippen LogP contribution is -2.28. The van der Waals surface area contributed by atoms with Crippen molar-refractivity contribution >= 4 is 45.1 Å². The molecule has 10 nitrogen and oxygen atoms in total. The molecule has 1 atom stereocenters. The number of nitrogens with zero attached hydrogens (tertiary/aromatic N) is 6. The molecule has 4 aromatic rings. The Hall–Kier alpha value is -4.30. The van der Waals surface area contributed by atoms with Crippen LogP contribution in [0.25, 0.3) is 22.3 Å². The third-order valence-corrected chi connectivity index (χ3v) is 6.31. The molecule has 1 fully saturated rings. The maximum atomic E-state index is 12.5. The van der Waals surface area contributed by atoms with Crippen molar-refractivity contribution in [2.24, 2.45) is 0 Å². The zero-order valence-electron chi connectivity index (χ0n) is 18.2. The van der Waals surface area contributed by atoms with Gasteiger partial charge in [-0.3, -0.25) is 14.9 Å². The average Bonchev–Trinajstić information content (AvgIpc) is 3.59. The number of benzene rings is 1. The highest BCUT2D eigenvalue weighted by atomic mass is 32.1. The van der Waals surface area contributed by atoms with Gasteiger partial charge < -0.3 is 10.6 Å². The number of hydrogen-bond acceptors (Lipinski definition) is 8. The molecule has 0 spiro atoms. The van der Waals surface area contributed by atoms with Gasteiger partial charge in [0.05, 0.1) is 11.4 Å². The van der Waals surface area contributed by atoms with Crippen molar-refractivity contribution in [3.8, 4) is 23.1 Å². The molecule has 1 saturated heterocycles. The first-order valence-corrected chi connectivity index (χ1v) is 11.4. The van der Waals surface area contributed by atoms with Gasteiger partial charge in [-0.15, -0.1) is 11.3 Å². The van der Waals surface area contributed by atoms with E-state index in [0.29, 0.717) is 46.3 Å². The molecule has 1 aromatic carbocycles. The molecule has 4 heterocycles. The largest absolute Gasteiger partial charge is 0.383 e. The van der Waals surface area contributed by atoms with Crippen LogP contribution >= 0.6 is 11.3 Å². The Morgan fingerprint density at radius 2 is 2.03 bits per heavy atom. The number of carbonyl (C=O) groups excluding carboxylic acids is 2. The number of rotatable bonds is 4. The predicted molar refractivity (Wildman–Crippen MR) is 129 cm³/mol. The lowest BCUT2D eigenvalue weighted by Gasteiger charge is -2.14. The molecule has 1 aliphatic rings. The first-order chi connectivity index (χ1) is 16.5. The zero-order chi connectivity index (χ0) is 23.7. The summed E-state index contributed by atoms with van der Waals surface area (Å²) < 4.78 is 1.82. The van der Waals surface area contributed by atoms with Gasteiger partial charge >= 0.3 is 0 Å². The van der Waals surface area contributed by atoms with E-state index < -0.39 is 0 Å². The minimum Gasteiger partial charge on any atom is -0.383 e. The van der Waals surface area contributed by atoms with E-state index in [1.54, 1.807) is 35.5 Å². The predicted octanol–water partition coefficient (Wildman–Crippen LogP) is 2.58. The van der Waals surface area contributed by atoms with Gasteiger partial charge in [0, 0.05) is 35.8 Å². The van der Waals surface area contributed by atoms with Crippen LogP contribution in [0.1, 0.15) is 29.7 Å². The number of nitrogens with one attached hydrogen (secondary N) is 1. The summed E-state index contributed by atoms with van der Waals surface area (Å²) in [5.41, 5.74) is 8.72. The van der Waals surface area contributed by atoms with Gasteiger partial charge in [0.15, 0.2) is 10.8 Å². The fraction of sp³-hybridized carbons (Fsp3) is 0.217. The standard InChI is InChI=1S/C23H20N8O2S/c1-2-3-17(32)30-10-8-16(12-30)31-21-18(20(24)26-13-27-21)19(29-31)14-4-6-15(7-5-14)22(33)28-23-25-9-11-34-23/h4-7,9,11,13,16H,8,10,12H2,1H3,(H2,24,26,27)(H,25,28,33). The van der Waals surface area contributed by atoms with Crippen LogP contribution in [0, 0.1) is 11.8 Å². The normalized spacial score (nSPS) is 15.2. The minimum absolute atomic E-state index is 0.0588. The summed E-state index contributed by atoms with van der Waals surface area (Å²) in [6.07, 6.45) is 3.77. The summed E-state index contributed by atoms with van der Waals surface area (Å²) in [4.78, 5) is 39.1. The summed E-state index contributed by atoms with van der Waals surface area (Å²) in [6.45, 7) is 2.73. The van der Waals surface area contributed by atoms with Gasteiger partial charge in [0.1, 0.15) is 17.8 Å². The number of hydrogen-bond donors (Lipinski definition) is 2. The molecular weight excluding hydrogens is 452 g/mol. The van der Waals surface area contributed by atoms with Crippen molar-refractivity contribution in [2.45, 2.75) is 19.4 Å². The summed E-state index contributed by atoms with van der Waals surface area (Å²) in [6, 6.07) is 7.02. The second kappa shape index (κ2) is 8.92. The number of likely N-dealkylation sites (tertiary alicyclic amines) is 1. The maximum absolute atomic E-state index is 12.5. The first kappa shape index (κ1) is 21.5. The summed E-state index contributed by atoms with van der Waals surface area (Å²) in [5, 5.41) is 10.6. The van der Waals surface area contributed by atoms with E-state index in [1.165, 1.54) is 17.7 Å². The quantitative estimate of drug-likeness (QED) is 0.436. The van der Waals surface area contributed by atoms with Gasteiger partial charge in [-0.25, -0.2) is 19.6 Å². The SMILES string of the molecule is CC#CC(=O)N1CCC(n2nc(-c3ccc(C(=O)Nc4nccs4)cc3)c3c(N)ncnc32)C1. The highest BCUT2D eigenvalue weighted by molar-refractivity contribution is 7.13. The van der Waals surface area contributed by atoms with Crippen LogP contribution < -0.4 is 11.1 Å². The molecule has 1 unspecified atom stereocenters. The molecule has 0 bridgehead atoms. The Morgan fingerprint density at radius 1 is 1.21 bits per heavy atom. The van der Waals surface area contributed by atoms with Crippen molar-refractivity contribution in [3.05, 3.63) is 47.7 Å². The van der Waals surface area contributed by atoms with Crippen LogP contribution in [0.15, 0.2) is 42.2 Å². The van der Waals surface area contributed by atoms with Crippen LogP contribution in [0.5, 0.6) is 0 Å². The number of thiazole rings is 1. The Balaban J connectivity index is 1.47. The maximum Gasteiger partial charge on any atom is 0.298 e. The topological polar surface area (TPSA) is 132 Å². The fourth-order valence-electron chi connectivity index (χ4n) is 4.00. The fourth-order valence-corrected chi connectivity index (χ4v) is 4.52. The minimum atomic E-state index is -0.245. The van der Waals surface area contributed by atoms with Crippen molar-refractivity contribution in [2.75, 3.05) is 24.1 Å². The van der Waals surface area contributed by atoms with Crippen LogP contribution in [0.4, 0.5) is 10.9 Å². The summed E-state index contributed by atoms with van der Waals surface area (Å²) in [5.74, 6) is 5.13. The number of nitrogens with two attached hydrogens (primary N) is 1. The number of aromatic nitrogens is 5. The van der Waals surface area contributed by atoms with Gasteiger partial charge in [0.2, 0.25) is 0 Å². The lowest BCUT2D eigenvalue weighted by atomic mass is 10.1. The Labute approximate surface area is 198 Å². The van der Waals surface area contributed by atoms with Gasteiger partial charge in [0.25, 0.3) is 11.8 Å². The van der Waals surface area contributed by atoms with Crippen LogP contribution in [-0.4, -0.2) is 54.5 Å². The van der Waals surface area contributed by atoms with E-state index in [2.05, 4.69) is 32.1 Å². The Kier molecular flexibility index (Phi) is 5.65. The molecule has 3 aromatic heterocycles. The van der Waals surface area contributed by atoms with Crippen LogP contribution in [0.2, 0.25) is 0 Å². The monoisotopic (exact) mass is 472 g/mol. The highest BCUT2D eigenvalue weighted by Crippen LogP contribution is 2.34. The van der Waals surface area contributed by atoms with E-state index >= 15 is 0 Å². The number of amides is 2. The molecule has 0 aliphatic carbocycles. The molecule has 1 aliphatic heterocycles. The van der Waals surface area contributed by atoms with Crippen molar-refractivity contribution < 1.29 is 9.59 Å². The van der Waals surface area contributed by atoms with E-state index in [-0.39, 0.29) is 17.9 Å². The molecule has 5 rings (SSSR count). The van der Waals surface area contributed by atoms with E-state index in [9.17, 15) is 9.59 Å². The number of fused-ring (bicyclic) bond motifs is 1. The number of nitrogen functional groups attached to an aromatic ring is 1. The molecule has 0 saturated carbocycles. The van der Waals surface area contributed by atoms with E-state index in [4.69, 9.17) is 10.8 Å². The second-order valence-electron chi connectivity index (χ2n) is 7.69. The van der Waals surface area contributed by atoms with Crippen LogP contribution in [0.3, 0.4) is 0 Å². The molecule has 170 valence electrons. The molecule has 34 heavy (non-hydrogen) atoms. The molecule has 11 heteroatoms. The molecule has 0 radical (unpaired) electrons. The van der Waals surface area contributed by atoms with Crippen molar-refractivity contribution in [1.29, 1.82) is 0 Å². The first-order valence-electron chi connectivity index (χ1n) is 10.6. The lowest BCUT2D eigenvalue weighted by molar-refractivity contribution is -0.124. The summed E-state index contributed by atoms with van der Waals surface area (Å²) >= 11 is 1.35. The third kappa shape index (κ3) is 3.95. The molecule has 2 amide bonds. The highest BCUT2D eigenvalue weighted by Gasteiger charge is 2.30. The second-order valence-corrected chi connectivity index (χ2v) is 8.58. The smallest absolute Gasteiger partial charge is 0.298 e. The van der Waals surface area contributed by atoms with Crippen molar-refractivity contribution in [1.82, 2.24) is 29.6 Å². The van der Waals surface area contributed by atoms with Crippen LogP contribution in [-0.2, 0) is 4.79 Å². The van der Waals surface area contributed by atoms with Gasteiger partial charge in [-0.1, -0.05) is 18.1 Å². The summed E-state index contributed by atoms with van der Waals surface area (Å²) in [7, 11) is 0. The van der Waals surface area contributed by atoms with Crippen molar-refractivity contribution in [3.63, 3.8) is 0 Å². The Bertz CT molecular complexity index is 1430. The van der Waals surface area contributed by atoms with E-state index in [1.807, 2.05) is 16.8 Å². The van der Waals surface area contributed by atoms with Gasteiger partial charge in [-0.05, 0) is 31.4 Å². The third-order valence-electron chi connectivity index (χ3n) is 5.62. The molecular formula is C23H20N8O2S. The zero-order valence-corrected chi connectivity index (χ0v) is 19.0. The average molecular weight is 473 g/mol. The number of anilines is 2. The van der Waals surface area contributed by atoms with E-state index in [0.717, 1.165) is 12.0 Å². The molecule has 3 N–H and O–H groups in total. The Morgan fingerprint density at radius 3 is 2.76 bits per heavy atom. The number of carbonyl (C=O) groups is 2.